The van der Waals surface area contributed by atoms with Crippen molar-refractivity contribution in [1.29, 1.82) is 10.8 Å². The number of nitrogen functional groups attached to an aromatic ring is 3. The molecule has 0 radical (unpaired) electrons. The van der Waals surface area contributed by atoms with Crippen molar-refractivity contribution in [3.63, 3.8) is 0 Å². The zero-order chi connectivity index (χ0) is 72.1. The quantitative estimate of drug-likeness (QED) is 0.0361. The first kappa shape index (κ1) is 94.1. The van der Waals surface area contributed by atoms with Crippen LogP contribution in [0.5, 0.6) is 0 Å². The monoisotopic (exact) mass is 1630 g/mol. The van der Waals surface area contributed by atoms with E-state index in [-0.39, 0.29) is 102 Å². The van der Waals surface area contributed by atoms with E-state index >= 15 is 0 Å². The van der Waals surface area contributed by atoms with Crippen LogP contribution in [0.3, 0.4) is 0 Å². The third kappa shape index (κ3) is 17.6. The van der Waals surface area contributed by atoms with Crippen LogP contribution in [0, 0.1) is 14.4 Å². The average Bonchev–Trinajstić information content (AvgIpc) is 1.60. The van der Waals surface area contributed by atoms with Crippen molar-refractivity contribution >= 4 is 137 Å². The smallest absolute Gasteiger partial charge is 0.870 e. The SMILES string of the molecule is C.C.C.C.C.COC(=O)c1csc(-c2cn([C@@H]3OC(CO)C(O)[C@@]3(C)O)c3ncnc(N)c23)c1.COC(=O)c1csc(B2OC(C)(C)C(C)(C)O2)c1.C[C@@]1(O)C(O)C(CO)OC1n1cc(I)c2c(N)ncnc21.C[C@@]1(O)C(O)C(CO)O[C@H]1n1cc(-c2cc(C(=O)O)cs2)c2c(N)ncnc21.N#N.[Li+].[OH-]. The predicted octanol–water partition coefficient (Wildman–Crippen LogP) is 2.46. The molecule has 0 aliphatic carbocycles. The summed E-state index contributed by atoms with van der Waals surface area (Å²) < 4.78 is 44.6. The maximum Gasteiger partial charge on any atom is 1.00 e. The summed E-state index contributed by atoms with van der Waals surface area (Å²) in [6.07, 6.45) is -0.677. The molecule has 7 unspecified atom stereocenters. The van der Waals surface area contributed by atoms with Gasteiger partial charge in [-0.1, -0.05) is 37.1 Å². The van der Waals surface area contributed by atoms with E-state index in [0.717, 1.165) is 8.35 Å². The summed E-state index contributed by atoms with van der Waals surface area (Å²) in [4.78, 5) is 60.5. The molecular weight excluding hydrogens is 1540 g/mol. The number of aliphatic hydroxyl groups excluding tert-OH is 6. The first-order chi connectivity index (χ1) is 46.2. The number of rotatable bonds is 12. The third-order valence-corrected chi connectivity index (χ3v) is 21.1. The Kier molecular flexibility index (Phi) is 32.9. The molecule has 17 N–H and O–H groups in total. The number of carboxylic acids is 1. The topological polar surface area (TPSA) is 566 Å². The number of carbonyl (C=O) groups excluding carboxylic acids is 2. The second-order valence-electron chi connectivity index (χ2n) is 24.3. The Labute approximate surface area is 643 Å². The molecule has 13 heterocycles. The molecule has 0 saturated carbocycles. The minimum absolute atomic E-state index is 0. The molecule has 4 aliphatic heterocycles. The number of aliphatic hydroxyl groups is 9. The van der Waals surface area contributed by atoms with Gasteiger partial charge in [0.2, 0.25) is 0 Å². The van der Waals surface area contributed by atoms with E-state index < -0.39 is 104 Å². The van der Waals surface area contributed by atoms with Gasteiger partial charge in [-0.05, 0) is 89.3 Å². The van der Waals surface area contributed by atoms with E-state index in [1.807, 2.05) is 27.7 Å². The molecule has 35 nitrogen and oxygen atoms in total. The minimum Gasteiger partial charge on any atom is -0.870 e. The van der Waals surface area contributed by atoms with Crippen LogP contribution >= 0.6 is 56.6 Å². The van der Waals surface area contributed by atoms with Crippen LogP contribution in [0.2, 0.25) is 0 Å². The van der Waals surface area contributed by atoms with Crippen LogP contribution in [0.25, 0.3) is 54.0 Å². The summed E-state index contributed by atoms with van der Waals surface area (Å²) in [7, 11) is 2.26. The number of carboxylic acid groups (broad SMARTS) is 1. The molecule has 0 amide bonds. The Morgan fingerprint density at radius 2 is 0.867 bits per heavy atom. The number of esters is 2. The molecule has 41 heteroatoms. The van der Waals surface area contributed by atoms with E-state index in [0.29, 0.717) is 70.9 Å². The number of nitrogens with zero attached hydrogens (tertiary/aromatic N) is 11. The molecule has 9 aromatic rings. The van der Waals surface area contributed by atoms with Crippen molar-refractivity contribution in [3.05, 3.63) is 92.2 Å². The van der Waals surface area contributed by atoms with Crippen LogP contribution in [0.1, 0.15) is 135 Å². The summed E-state index contributed by atoms with van der Waals surface area (Å²) in [5, 5.41) is 119. The molecule has 4 saturated heterocycles. The molecule has 0 spiro atoms. The molecule has 4 aliphatic rings. The second-order valence-corrected chi connectivity index (χ2v) is 28.2. The van der Waals surface area contributed by atoms with Gasteiger partial charge in [-0.15, -0.1) is 22.7 Å². The largest absolute Gasteiger partial charge is 1.00 e. The Bertz CT molecular complexity index is 4420. The summed E-state index contributed by atoms with van der Waals surface area (Å²) in [6, 6.07) is 4.94. The summed E-state index contributed by atoms with van der Waals surface area (Å²) in [6.45, 7) is 11.0. The summed E-state index contributed by atoms with van der Waals surface area (Å²) >= 11 is 6.07. The normalized spacial score (nSPS) is 25.0. The number of nitrogens with two attached hydrogens (primary N) is 3. The van der Waals surface area contributed by atoms with Crippen molar-refractivity contribution in [2.75, 3.05) is 51.2 Å². The molecule has 572 valence electrons. The second kappa shape index (κ2) is 36.7. The first-order valence-corrected chi connectivity index (χ1v) is 33.1. The molecule has 0 bridgehead atoms. The number of thiophene rings is 3. The fourth-order valence-electron chi connectivity index (χ4n) is 11.3. The molecule has 13 rings (SSSR count). The third-order valence-electron chi connectivity index (χ3n) is 17.4. The van der Waals surface area contributed by atoms with E-state index in [1.54, 1.807) is 50.6 Å². The van der Waals surface area contributed by atoms with Crippen molar-refractivity contribution in [1.82, 2.24) is 43.6 Å². The van der Waals surface area contributed by atoms with Gasteiger partial charge in [0.25, 0.3) is 0 Å². The van der Waals surface area contributed by atoms with E-state index in [2.05, 4.69) is 57.2 Å². The van der Waals surface area contributed by atoms with Gasteiger partial charge in [0.05, 0.1) is 78.1 Å². The van der Waals surface area contributed by atoms with Crippen LogP contribution in [-0.4, -0.2) is 224 Å². The number of halogens is 1. The van der Waals surface area contributed by atoms with Gasteiger partial charge in [0, 0.05) is 74.7 Å². The van der Waals surface area contributed by atoms with Crippen LogP contribution in [0.15, 0.2) is 71.9 Å². The maximum atomic E-state index is 11.8. The fraction of sp³-hybridized carbons (Fsp3) is 0.484. The summed E-state index contributed by atoms with van der Waals surface area (Å²) in [5.41, 5.74) is 15.8. The molecule has 105 heavy (non-hydrogen) atoms. The van der Waals surface area contributed by atoms with Gasteiger partial charge in [-0.25, -0.2) is 44.3 Å². The number of fused-ring (bicyclic) bond motifs is 3. The first-order valence-electron chi connectivity index (χ1n) is 29.4. The number of ether oxygens (including phenoxy) is 5. The number of anilines is 3. The number of methoxy groups -OCH3 is 2. The number of carbonyl (C=O) groups is 3. The van der Waals surface area contributed by atoms with Crippen LogP contribution in [0.4, 0.5) is 17.5 Å². The molecule has 9 aromatic heterocycles. The molecule has 4 fully saturated rings. The maximum absolute atomic E-state index is 11.8. The van der Waals surface area contributed by atoms with Crippen LogP contribution in [-0.2, 0) is 33.0 Å². The summed E-state index contributed by atoms with van der Waals surface area (Å²) in [5.74, 6) is -1.12. The fourth-order valence-corrected chi connectivity index (χ4v) is 14.8. The molecule has 0 aromatic carbocycles. The van der Waals surface area contributed by atoms with Gasteiger partial charge in [0.1, 0.15) is 107 Å². The standard InChI is InChI=1S/C18H20N4O6S.C17H18N4O6S.C12H17BO4S.C12H15IN4O4.5CH4.Li.N2.H2O/c1-18(26)13(24)10(5-23)28-17(18)22-4-9(12-14(19)20-7-21-15(12)22)11-3-8(6-29-11)16(25)27-2;1-17(26)12(23)9(4-22)27-16(17)21-3-8(10-2-7(5-28-10)15(24)25)11-13(18)19-6-20-14(11)21;1-11(2)12(3,4)17-13(16-11)9-6-8(7-18-9)10(14)15-5;1-12(20)8(19)6(3-18)21-11(12)17-2-5(13)7-9(14)15-4-16-10(7)17;;;;;;;1-2;/h3-4,6-7,10,13,17,23-24,26H,5H2,1-2H3,(H2,19,20,21);2-3,5-6,9,12,16,22-23,26H,4H2,1H3,(H,24,25)(H2,18,19,20);6-7H,1-5H3;2,4,6,8,11,18-20H,3H2,1H3,(H2,14,15,16);5*1H4;;;1H2/q;;;;;;;;;+1;;/p-1/t10?,13?,17-,18-;9?,12?,16-,17-;;6?,8?,11?,12-;;;;;;;;/m11.1......../s1. The Hall–Kier alpha value is -7.02. The molecule has 12 atom stereocenters. The van der Waals surface area contributed by atoms with E-state index in [4.69, 9.17) is 56.2 Å². The van der Waals surface area contributed by atoms with Crippen molar-refractivity contribution in [2.24, 2.45) is 0 Å². The number of aromatic carboxylic acids is 1. The Balaban J connectivity index is 0.000000468. The Morgan fingerprint density at radius 3 is 1.20 bits per heavy atom. The van der Waals surface area contributed by atoms with Gasteiger partial charge >= 0.3 is 43.9 Å². The minimum atomic E-state index is -1.71. The van der Waals surface area contributed by atoms with E-state index in [9.17, 15) is 65.4 Å². The zero-order valence-corrected chi connectivity index (χ0v) is 59.7. The van der Waals surface area contributed by atoms with Crippen molar-refractivity contribution in [2.45, 2.75) is 169 Å². The zero-order valence-electron chi connectivity index (χ0n) is 55.1. The van der Waals surface area contributed by atoms with Gasteiger partial charge in [0.15, 0.2) is 18.7 Å². The number of hydrogen-bond acceptors (Lipinski definition) is 34. The van der Waals surface area contributed by atoms with Crippen molar-refractivity contribution < 1.29 is 123 Å². The Morgan fingerprint density at radius 1 is 0.552 bits per heavy atom. The van der Waals surface area contributed by atoms with Gasteiger partial charge in [-0.3, -0.25) is 0 Å². The van der Waals surface area contributed by atoms with Gasteiger partial charge in [-0.2, -0.15) is 11.3 Å². The number of aromatic nitrogens is 9. The van der Waals surface area contributed by atoms with Gasteiger partial charge < -0.3 is 120 Å². The van der Waals surface area contributed by atoms with Crippen molar-refractivity contribution in [3.8, 4) is 20.9 Å². The molecular formula is C64H91BILiN14O21S3. The van der Waals surface area contributed by atoms with E-state index in [1.165, 1.54) is 104 Å². The number of hydrogen-bond donors (Lipinski definition) is 13. The average molecular weight is 1630 g/mol. The van der Waals surface area contributed by atoms with Crippen LogP contribution < -0.4 is 40.8 Å². The predicted molar refractivity (Wildman–Crippen MR) is 397 cm³/mol.